The molecule has 0 aromatic heterocycles. The molecule has 0 saturated carbocycles. The van der Waals surface area contributed by atoms with Crippen LogP contribution in [0, 0.1) is 0 Å². The lowest BCUT2D eigenvalue weighted by atomic mass is 9.87. The van der Waals surface area contributed by atoms with Crippen LogP contribution in [0.3, 0.4) is 0 Å². The second-order valence-electron chi connectivity index (χ2n) is 8.79. The first-order chi connectivity index (χ1) is 16.1. The summed E-state index contributed by atoms with van der Waals surface area (Å²) in [7, 11) is 0. The van der Waals surface area contributed by atoms with Gasteiger partial charge in [0.05, 0.1) is 0 Å². The lowest BCUT2D eigenvalue weighted by Gasteiger charge is -2.42. The highest BCUT2D eigenvalue weighted by Crippen LogP contribution is 2.38. The quantitative estimate of drug-likeness (QED) is 0.475. The highest BCUT2D eigenvalue weighted by Gasteiger charge is 2.37. The van der Waals surface area contributed by atoms with E-state index >= 15 is 0 Å². The van der Waals surface area contributed by atoms with Crippen molar-refractivity contribution in [2.45, 2.75) is 31.3 Å². The Morgan fingerprint density at radius 3 is 2.24 bits per heavy atom. The summed E-state index contributed by atoms with van der Waals surface area (Å²) >= 11 is 0. The van der Waals surface area contributed by atoms with Crippen molar-refractivity contribution in [3.8, 4) is 16.9 Å². The van der Waals surface area contributed by atoms with Gasteiger partial charge in [0.25, 0.3) is 0 Å². The molecule has 3 aromatic rings. The molecule has 4 nitrogen and oxygen atoms in total. The second kappa shape index (κ2) is 9.07. The normalized spacial score (nSPS) is 16.2. The molecule has 0 radical (unpaired) electrons. The van der Waals surface area contributed by atoms with Crippen molar-refractivity contribution in [2.75, 3.05) is 13.1 Å². The first-order valence-corrected chi connectivity index (χ1v) is 11.6. The first-order valence-electron chi connectivity index (χ1n) is 11.6. The van der Waals surface area contributed by atoms with Crippen molar-refractivity contribution in [1.29, 1.82) is 0 Å². The van der Waals surface area contributed by atoms with Crippen LogP contribution in [0.2, 0.25) is 0 Å². The van der Waals surface area contributed by atoms with Gasteiger partial charge in [0.1, 0.15) is 11.4 Å². The molecular weight excluding hydrogens is 410 g/mol. The molecule has 33 heavy (non-hydrogen) atoms. The molecule has 0 unspecified atom stereocenters. The Kier molecular flexibility index (Phi) is 5.82. The Bertz CT molecular complexity index is 1180. The van der Waals surface area contributed by atoms with Crippen LogP contribution in [-0.4, -0.2) is 35.3 Å². The molecule has 0 bridgehead atoms. The van der Waals surface area contributed by atoms with Crippen molar-refractivity contribution in [2.24, 2.45) is 0 Å². The van der Waals surface area contributed by atoms with Crippen LogP contribution in [0.4, 0.5) is 0 Å². The summed E-state index contributed by atoms with van der Waals surface area (Å²) in [4.78, 5) is 26.9. The molecule has 2 aliphatic heterocycles. The monoisotopic (exact) mass is 437 g/mol. The Hall–Kier alpha value is -3.66. The van der Waals surface area contributed by atoms with E-state index < -0.39 is 0 Å². The Morgan fingerprint density at radius 1 is 0.818 bits per heavy atom. The maximum absolute atomic E-state index is 12.7. The fourth-order valence-electron chi connectivity index (χ4n) is 4.63. The van der Waals surface area contributed by atoms with Gasteiger partial charge >= 0.3 is 0 Å². The fourth-order valence-corrected chi connectivity index (χ4v) is 4.63. The zero-order valence-corrected chi connectivity index (χ0v) is 18.6. The van der Waals surface area contributed by atoms with Gasteiger partial charge in [-0.2, -0.15) is 0 Å². The van der Waals surface area contributed by atoms with Gasteiger partial charge in [0.2, 0.25) is 5.91 Å². The van der Waals surface area contributed by atoms with Crippen molar-refractivity contribution in [3.63, 3.8) is 0 Å². The van der Waals surface area contributed by atoms with E-state index in [9.17, 15) is 9.59 Å². The third kappa shape index (κ3) is 4.61. The highest BCUT2D eigenvalue weighted by atomic mass is 16.5. The van der Waals surface area contributed by atoms with E-state index in [0.29, 0.717) is 18.7 Å². The molecule has 1 fully saturated rings. The molecule has 1 saturated heterocycles. The number of piperidine rings is 1. The van der Waals surface area contributed by atoms with Crippen LogP contribution in [0.1, 0.15) is 41.6 Å². The average Bonchev–Trinajstić information content (AvgIpc) is 2.88. The maximum Gasteiger partial charge on any atom is 0.223 e. The van der Waals surface area contributed by atoms with Crippen LogP contribution in [0.25, 0.3) is 17.2 Å². The average molecular weight is 438 g/mol. The molecule has 1 spiro atoms. The summed E-state index contributed by atoms with van der Waals surface area (Å²) in [5.41, 5.74) is 3.74. The number of ketones is 1. The topological polar surface area (TPSA) is 46.6 Å². The van der Waals surface area contributed by atoms with Crippen LogP contribution in [-0.2, 0) is 4.79 Å². The summed E-state index contributed by atoms with van der Waals surface area (Å²) in [6.45, 7) is 1.28. The van der Waals surface area contributed by atoms with Crippen LogP contribution >= 0.6 is 0 Å². The number of carbonyl (C=O) groups excluding carboxylic acids is 2. The molecule has 0 atom stereocenters. The van der Waals surface area contributed by atoms with Gasteiger partial charge in [0, 0.05) is 49.9 Å². The molecule has 2 heterocycles. The summed E-state index contributed by atoms with van der Waals surface area (Å²) in [5, 5.41) is 0. The number of carbonyl (C=O) groups is 2. The van der Waals surface area contributed by atoms with E-state index in [0.717, 1.165) is 24.2 Å². The number of rotatable bonds is 5. The van der Waals surface area contributed by atoms with Gasteiger partial charge in [-0.15, -0.1) is 0 Å². The number of likely N-dealkylation sites (tertiary alicyclic amines) is 1. The number of benzene rings is 3. The molecule has 1 amide bonds. The fraction of sp³-hybridized carbons (Fsp3) is 0.241. The Labute approximate surface area is 194 Å². The van der Waals surface area contributed by atoms with E-state index in [-0.39, 0.29) is 30.1 Å². The number of hydrogen-bond acceptors (Lipinski definition) is 3. The number of Topliss-reactive ketones (excluding diaryl/α,β-unsaturated/α-hetero) is 1. The molecule has 4 heteroatoms. The van der Waals surface area contributed by atoms with Gasteiger partial charge in [-0.05, 0) is 29.3 Å². The van der Waals surface area contributed by atoms with Gasteiger partial charge < -0.3 is 9.64 Å². The van der Waals surface area contributed by atoms with E-state index in [1.54, 1.807) is 12.1 Å². The van der Waals surface area contributed by atoms with E-state index in [4.69, 9.17) is 4.74 Å². The third-order valence-electron chi connectivity index (χ3n) is 6.62. The van der Waals surface area contributed by atoms with Crippen molar-refractivity contribution in [1.82, 2.24) is 4.90 Å². The predicted octanol–water partition coefficient (Wildman–Crippen LogP) is 5.78. The standard InChI is InChI=1S/C29H27NO3/c31-26(23-9-5-2-6-10-23)12-14-28(32)30-19-17-29(18-20-30)16-15-25-21-24(11-13-27(25)33-29)22-7-3-1-4-8-22/h1-11,13,15-16,21H,12,14,17-20H2. The Morgan fingerprint density at radius 2 is 1.52 bits per heavy atom. The first kappa shape index (κ1) is 21.2. The van der Waals surface area contributed by atoms with Crippen molar-refractivity contribution < 1.29 is 14.3 Å². The molecular formula is C29H27NO3. The number of ether oxygens (including phenoxy) is 1. The van der Waals surface area contributed by atoms with Crippen LogP contribution in [0.15, 0.2) is 84.9 Å². The van der Waals surface area contributed by atoms with E-state index in [1.165, 1.54) is 11.1 Å². The SMILES string of the molecule is O=C(CCC(=O)N1CCC2(C=Cc3cc(-c4ccccc4)ccc3O2)CC1)c1ccccc1. The van der Waals surface area contributed by atoms with Crippen molar-refractivity contribution in [3.05, 3.63) is 96.1 Å². The van der Waals surface area contributed by atoms with Gasteiger partial charge in [-0.1, -0.05) is 72.8 Å². The van der Waals surface area contributed by atoms with E-state index in [1.807, 2.05) is 41.3 Å². The smallest absolute Gasteiger partial charge is 0.223 e. The molecule has 0 N–H and O–H groups in total. The number of nitrogens with zero attached hydrogens (tertiary/aromatic N) is 1. The van der Waals surface area contributed by atoms with Gasteiger partial charge in [-0.3, -0.25) is 9.59 Å². The number of fused-ring (bicyclic) bond motifs is 1. The lowest BCUT2D eigenvalue weighted by Crippen LogP contribution is -2.49. The zero-order chi connectivity index (χ0) is 22.7. The Balaban J connectivity index is 1.18. The number of amides is 1. The largest absolute Gasteiger partial charge is 0.482 e. The molecule has 0 aliphatic carbocycles. The molecule has 5 rings (SSSR count). The van der Waals surface area contributed by atoms with Crippen molar-refractivity contribution >= 4 is 17.8 Å². The maximum atomic E-state index is 12.7. The third-order valence-corrected chi connectivity index (χ3v) is 6.62. The second-order valence-corrected chi connectivity index (χ2v) is 8.79. The lowest BCUT2D eigenvalue weighted by molar-refractivity contribution is -0.133. The summed E-state index contributed by atoms with van der Waals surface area (Å²) in [6.07, 6.45) is 6.32. The van der Waals surface area contributed by atoms with Gasteiger partial charge in [-0.25, -0.2) is 0 Å². The number of hydrogen-bond donors (Lipinski definition) is 0. The van der Waals surface area contributed by atoms with E-state index in [2.05, 4.69) is 42.5 Å². The van der Waals surface area contributed by atoms with Crippen LogP contribution in [0.5, 0.6) is 5.75 Å². The van der Waals surface area contributed by atoms with Crippen LogP contribution < -0.4 is 4.74 Å². The van der Waals surface area contributed by atoms with Gasteiger partial charge in [0.15, 0.2) is 5.78 Å². The zero-order valence-electron chi connectivity index (χ0n) is 18.6. The predicted molar refractivity (Wildman–Crippen MR) is 130 cm³/mol. The summed E-state index contributed by atoms with van der Waals surface area (Å²) < 4.78 is 6.46. The molecule has 2 aliphatic rings. The highest BCUT2D eigenvalue weighted by molar-refractivity contribution is 5.97. The minimum Gasteiger partial charge on any atom is -0.482 e. The minimum absolute atomic E-state index is 0.0162. The summed E-state index contributed by atoms with van der Waals surface area (Å²) in [6, 6.07) is 25.8. The minimum atomic E-state index is -0.363. The molecule has 3 aromatic carbocycles. The summed E-state index contributed by atoms with van der Waals surface area (Å²) in [5.74, 6) is 0.953. The molecule has 166 valence electrons.